The quantitative estimate of drug-likeness (QED) is 0.704. The van der Waals surface area contributed by atoms with Gasteiger partial charge in [0.05, 0.1) is 4.90 Å². The summed E-state index contributed by atoms with van der Waals surface area (Å²) in [5, 5.41) is 3.85. The van der Waals surface area contributed by atoms with Gasteiger partial charge < -0.3 is 5.32 Å². The third-order valence-electron chi connectivity index (χ3n) is 4.75. The Morgan fingerprint density at radius 3 is 2.18 bits per heavy atom. The molecule has 0 saturated carbocycles. The van der Waals surface area contributed by atoms with Crippen LogP contribution in [0.5, 0.6) is 0 Å². The van der Waals surface area contributed by atoms with E-state index in [0.29, 0.717) is 35.2 Å². The minimum absolute atomic E-state index is 0.192. The molecule has 0 spiro atoms. The van der Waals surface area contributed by atoms with E-state index in [0.717, 1.165) is 24.8 Å². The van der Waals surface area contributed by atoms with Crippen LogP contribution >= 0.6 is 23.2 Å². The summed E-state index contributed by atoms with van der Waals surface area (Å²) in [7, 11) is -3.47. The van der Waals surface area contributed by atoms with Crippen molar-refractivity contribution in [2.45, 2.75) is 37.0 Å². The summed E-state index contributed by atoms with van der Waals surface area (Å²) < 4.78 is 26.8. The summed E-state index contributed by atoms with van der Waals surface area (Å²) in [4.78, 5) is 12.5. The summed E-state index contributed by atoms with van der Waals surface area (Å²) in [6, 6.07) is 11.5. The van der Waals surface area contributed by atoms with Gasteiger partial charge in [-0.3, -0.25) is 4.79 Å². The maximum Gasteiger partial charge on any atom is 0.243 e. The molecule has 2 aromatic carbocycles. The monoisotopic (exact) mass is 440 g/mol. The zero-order valence-electron chi connectivity index (χ0n) is 15.3. The first-order chi connectivity index (χ1) is 13.4. The number of rotatable bonds is 6. The van der Waals surface area contributed by atoms with E-state index in [1.54, 1.807) is 30.3 Å². The van der Waals surface area contributed by atoms with Crippen LogP contribution in [0.25, 0.3) is 0 Å². The predicted molar refractivity (Wildman–Crippen MR) is 112 cm³/mol. The Balaban J connectivity index is 1.60. The fourth-order valence-corrected chi connectivity index (χ4v) is 5.30. The van der Waals surface area contributed by atoms with Gasteiger partial charge in [-0.05, 0) is 61.2 Å². The number of nitrogens with zero attached hydrogens (tertiary/aromatic N) is 1. The lowest BCUT2D eigenvalue weighted by atomic mass is 10.1. The Labute approximate surface area is 175 Å². The molecule has 1 N–H and O–H groups in total. The van der Waals surface area contributed by atoms with Gasteiger partial charge in [0.15, 0.2) is 0 Å². The van der Waals surface area contributed by atoms with E-state index in [4.69, 9.17) is 23.2 Å². The van der Waals surface area contributed by atoms with Crippen molar-refractivity contribution in [3.63, 3.8) is 0 Å². The molecule has 8 heteroatoms. The van der Waals surface area contributed by atoms with Crippen LogP contribution in [-0.4, -0.2) is 31.7 Å². The number of carbonyl (C=O) groups is 1. The molecule has 1 aliphatic rings. The van der Waals surface area contributed by atoms with Crippen molar-refractivity contribution >= 4 is 44.8 Å². The minimum Gasteiger partial charge on any atom is -0.326 e. The van der Waals surface area contributed by atoms with Crippen LogP contribution < -0.4 is 5.32 Å². The van der Waals surface area contributed by atoms with E-state index in [9.17, 15) is 13.2 Å². The first-order valence-corrected chi connectivity index (χ1v) is 11.4. The molecule has 0 atom stereocenters. The summed E-state index contributed by atoms with van der Waals surface area (Å²) in [6.45, 7) is 1.12. The minimum atomic E-state index is -3.47. The highest BCUT2D eigenvalue weighted by Crippen LogP contribution is 2.26. The molecular weight excluding hydrogens is 419 g/mol. The summed E-state index contributed by atoms with van der Waals surface area (Å²) in [6.07, 6.45) is 3.49. The number of piperidine rings is 1. The van der Waals surface area contributed by atoms with Gasteiger partial charge in [-0.1, -0.05) is 35.7 Å². The highest BCUT2D eigenvalue weighted by Gasteiger charge is 2.25. The Morgan fingerprint density at radius 1 is 0.964 bits per heavy atom. The molecule has 0 radical (unpaired) electrons. The Morgan fingerprint density at radius 2 is 1.57 bits per heavy atom. The van der Waals surface area contributed by atoms with Gasteiger partial charge in [-0.2, -0.15) is 4.31 Å². The predicted octanol–water partition coefficient (Wildman–Crippen LogP) is 4.74. The van der Waals surface area contributed by atoms with Crippen LogP contribution in [0.2, 0.25) is 10.0 Å². The van der Waals surface area contributed by atoms with Gasteiger partial charge in [0, 0.05) is 35.2 Å². The van der Waals surface area contributed by atoms with Gasteiger partial charge in [-0.15, -0.1) is 0 Å². The van der Waals surface area contributed by atoms with Crippen LogP contribution in [0.1, 0.15) is 31.2 Å². The van der Waals surface area contributed by atoms with E-state index in [2.05, 4.69) is 5.32 Å². The number of benzene rings is 2. The first-order valence-electron chi connectivity index (χ1n) is 9.21. The maximum atomic E-state index is 12.7. The maximum absolute atomic E-state index is 12.7. The summed E-state index contributed by atoms with van der Waals surface area (Å²) in [5.74, 6) is -0.192. The zero-order valence-corrected chi connectivity index (χ0v) is 17.7. The SMILES string of the molecule is O=C(CCc1c(Cl)cccc1Cl)Nc1ccc(S(=O)(=O)N2CCCCC2)cc1. The van der Waals surface area contributed by atoms with E-state index < -0.39 is 10.0 Å². The molecule has 1 saturated heterocycles. The molecule has 1 heterocycles. The van der Waals surface area contributed by atoms with E-state index in [1.165, 1.54) is 16.4 Å². The van der Waals surface area contributed by atoms with Crippen LogP contribution in [-0.2, 0) is 21.2 Å². The fourth-order valence-electron chi connectivity index (χ4n) is 3.20. The average molecular weight is 441 g/mol. The molecule has 2 aromatic rings. The Kier molecular flexibility index (Phi) is 6.99. The molecule has 3 rings (SSSR count). The second kappa shape index (κ2) is 9.27. The number of sulfonamides is 1. The lowest BCUT2D eigenvalue weighted by Crippen LogP contribution is -2.35. The molecule has 0 bridgehead atoms. The number of carbonyl (C=O) groups excluding carboxylic acids is 1. The van der Waals surface area contributed by atoms with Crippen molar-refractivity contribution in [3.8, 4) is 0 Å². The summed E-state index contributed by atoms with van der Waals surface area (Å²) in [5.41, 5.74) is 1.29. The second-order valence-electron chi connectivity index (χ2n) is 6.74. The molecule has 28 heavy (non-hydrogen) atoms. The molecule has 150 valence electrons. The van der Waals surface area contributed by atoms with Crippen molar-refractivity contribution in [2.75, 3.05) is 18.4 Å². The topological polar surface area (TPSA) is 66.5 Å². The molecule has 5 nitrogen and oxygen atoms in total. The van der Waals surface area contributed by atoms with Crippen molar-refractivity contribution in [1.29, 1.82) is 0 Å². The van der Waals surface area contributed by atoms with Crippen molar-refractivity contribution < 1.29 is 13.2 Å². The number of halogens is 2. The standard InChI is InChI=1S/C20H22Cl2N2O3S/c21-18-5-4-6-19(22)17(18)11-12-20(25)23-15-7-9-16(10-8-15)28(26,27)24-13-2-1-3-14-24/h4-10H,1-3,11-14H2,(H,23,25). The van der Waals surface area contributed by atoms with Gasteiger partial charge >= 0.3 is 0 Å². The smallest absolute Gasteiger partial charge is 0.243 e. The van der Waals surface area contributed by atoms with Gasteiger partial charge in [-0.25, -0.2) is 8.42 Å². The average Bonchev–Trinajstić information content (AvgIpc) is 2.69. The third-order valence-corrected chi connectivity index (χ3v) is 7.38. The zero-order chi connectivity index (χ0) is 20.1. The van der Waals surface area contributed by atoms with Crippen molar-refractivity contribution in [2.24, 2.45) is 0 Å². The lowest BCUT2D eigenvalue weighted by Gasteiger charge is -2.25. The van der Waals surface area contributed by atoms with Gasteiger partial charge in [0.1, 0.15) is 0 Å². The highest BCUT2D eigenvalue weighted by molar-refractivity contribution is 7.89. The molecule has 1 aliphatic heterocycles. The molecule has 1 amide bonds. The third kappa shape index (κ3) is 5.06. The number of hydrogen-bond donors (Lipinski definition) is 1. The summed E-state index contributed by atoms with van der Waals surface area (Å²) >= 11 is 12.2. The first kappa shape index (κ1) is 21.1. The molecule has 0 aliphatic carbocycles. The number of amides is 1. The normalized spacial score (nSPS) is 15.4. The van der Waals surface area contributed by atoms with Crippen LogP contribution in [0.15, 0.2) is 47.4 Å². The highest BCUT2D eigenvalue weighted by atomic mass is 35.5. The second-order valence-corrected chi connectivity index (χ2v) is 9.49. The fraction of sp³-hybridized carbons (Fsp3) is 0.350. The number of anilines is 1. The number of nitrogens with one attached hydrogen (secondary N) is 1. The largest absolute Gasteiger partial charge is 0.326 e. The molecular formula is C20H22Cl2N2O3S. The van der Waals surface area contributed by atoms with E-state index >= 15 is 0 Å². The Bertz CT molecular complexity index is 920. The Hall–Kier alpha value is -1.60. The van der Waals surface area contributed by atoms with Gasteiger partial charge in [0.25, 0.3) is 0 Å². The van der Waals surface area contributed by atoms with Gasteiger partial charge in [0.2, 0.25) is 15.9 Å². The van der Waals surface area contributed by atoms with Crippen LogP contribution in [0, 0.1) is 0 Å². The number of hydrogen-bond acceptors (Lipinski definition) is 3. The van der Waals surface area contributed by atoms with Crippen LogP contribution in [0.3, 0.4) is 0 Å². The van der Waals surface area contributed by atoms with Crippen molar-refractivity contribution in [1.82, 2.24) is 4.31 Å². The van der Waals surface area contributed by atoms with E-state index in [1.807, 2.05) is 0 Å². The van der Waals surface area contributed by atoms with E-state index in [-0.39, 0.29) is 17.2 Å². The van der Waals surface area contributed by atoms with Crippen molar-refractivity contribution in [3.05, 3.63) is 58.1 Å². The van der Waals surface area contributed by atoms with Crippen LogP contribution in [0.4, 0.5) is 5.69 Å². The molecule has 1 fully saturated rings. The lowest BCUT2D eigenvalue weighted by molar-refractivity contribution is -0.116. The molecule has 0 aromatic heterocycles. The molecule has 0 unspecified atom stereocenters.